The lowest BCUT2D eigenvalue weighted by Crippen LogP contribution is -2.34. The summed E-state index contributed by atoms with van der Waals surface area (Å²) in [5.41, 5.74) is 1.13. The smallest absolute Gasteiger partial charge is 0.273 e. The summed E-state index contributed by atoms with van der Waals surface area (Å²) < 4.78 is 25.4. The first-order valence-electron chi connectivity index (χ1n) is 8.61. The van der Waals surface area contributed by atoms with E-state index in [1.54, 1.807) is 30.3 Å². The molecule has 1 atom stereocenters. The van der Waals surface area contributed by atoms with Crippen molar-refractivity contribution in [2.45, 2.75) is 18.6 Å². The highest BCUT2D eigenvalue weighted by molar-refractivity contribution is 7.91. The average Bonchev–Trinajstić information content (AvgIpc) is 2.80. The molecule has 1 fully saturated rings. The topological polar surface area (TPSA) is 97.6 Å². The van der Waals surface area contributed by atoms with E-state index in [4.69, 9.17) is 0 Å². The fourth-order valence-electron chi connectivity index (χ4n) is 3.41. The fraction of sp³-hybridized carbons (Fsp3) is 0.316. The minimum absolute atomic E-state index is 0.0760. The fourth-order valence-corrected chi connectivity index (χ4v) is 5.21. The van der Waals surface area contributed by atoms with Crippen molar-refractivity contribution in [2.75, 3.05) is 18.8 Å². The highest BCUT2D eigenvalue weighted by atomic mass is 32.2. The highest BCUT2D eigenvalue weighted by Gasteiger charge is 2.33. The summed E-state index contributed by atoms with van der Waals surface area (Å²) in [4.78, 5) is 25.0. The van der Waals surface area contributed by atoms with E-state index in [-0.39, 0.29) is 36.0 Å². The molecule has 0 bridgehead atoms. The van der Waals surface area contributed by atoms with Crippen molar-refractivity contribution in [3.63, 3.8) is 0 Å². The highest BCUT2D eigenvalue weighted by Crippen LogP contribution is 2.30. The van der Waals surface area contributed by atoms with E-state index in [1.807, 2.05) is 6.07 Å². The van der Waals surface area contributed by atoms with Crippen LogP contribution in [0.15, 0.2) is 48.5 Å². The molecule has 0 spiro atoms. The van der Waals surface area contributed by atoms with Gasteiger partial charge in [-0.25, -0.2) is 8.42 Å². The Kier molecular flexibility index (Phi) is 5.27. The number of carbonyl (C=O) groups is 1. The molecular formula is C19H20N2O5S. The summed E-state index contributed by atoms with van der Waals surface area (Å²) >= 11 is 0. The first kappa shape index (κ1) is 19.0. The normalized spacial score (nSPS) is 19.3. The number of hydrogen-bond donors (Lipinski definition) is 0. The Morgan fingerprint density at radius 1 is 1.11 bits per heavy atom. The molecule has 27 heavy (non-hydrogen) atoms. The SMILES string of the molecule is Cc1c(C(=O)N2CCC(c3ccccc3)S(=O)(=O)CC2)cccc1[N+](=O)[O-]. The summed E-state index contributed by atoms with van der Waals surface area (Å²) in [6.45, 7) is 1.89. The van der Waals surface area contributed by atoms with Crippen LogP contribution in [0.2, 0.25) is 0 Å². The maximum atomic E-state index is 12.9. The molecule has 1 unspecified atom stereocenters. The van der Waals surface area contributed by atoms with Crippen LogP contribution in [-0.4, -0.2) is 43.0 Å². The summed E-state index contributed by atoms with van der Waals surface area (Å²) in [5.74, 6) is -0.508. The van der Waals surface area contributed by atoms with Gasteiger partial charge in [0, 0.05) is 30.3 Å². The molecule has 0 radical (unpaired) electrons. The number of nitro groups is 1. The van der Waals surface area contributed by atoms with Crippen LogP contribution in [0, 0.1) is 17.0 Å². The Morgan fingerprint density at radius 2 is 1.81 bits per heavy atom. The minimum atomic E-state index is -3.40. The maximum Gasteiger partial charge on any atom is 0.273 e. The molecule has 1 aliphatic heterocycles. The summed E-state index contributed by atoms with van der Waals surface area (Å²) in [6, 6.07) is 13.3. The molecule has 0 aliphatic carbocycles. The largest absolute Gasteiger partial charge is 0.338 e. The number of hydrogen-bond acceptors (Lipinski definition) is 5. The van der Waals surface area contributed by atoms with Crippen LogP contribution in [0.5, 0.6) is 0 Å². The molecule has 7 nitrogen and oxygen atoms in total. The lowest BCUT2D eigenvalue weighted by atomic mass is 10.0. The van der Waals surface area contributed by atoms with Crippen molar-refractivity contribution in [3.05, 3.63) is 75.3 Å². The lowest BCUT2D eigenvalue weighted by molar-refractivity contribution is -0.385. The molecule has 142 valence electrons. The van der Waals surface area contributed by atoms with Crippen molar-refractivity contribution in [1.29, 1.82) is 0 Å². The van der Waals surface area contributed by atoms with E-state index in [9.17, 15) is 23.3 Å². The number of benzene rings is 2. The number of nitro benzene ring substituents is 1. The van der Waals surface area contributed by atoms with Gasteiger partial charge >= 0.3 is 0 Å². The zero-order chi connectivity index (χ0) is 19.6. The van der Waals surface area contributed by atoms with Gasteiger partial charge in [0.2, 0.25) is 0 Å². The van der Waals surface area contributed by atoms with E-state index in [1.165, 1.54) is 24.0 Å². The van der Waals surface area contributed by atoms with Crippen LogP contribution >= 0.6 is 0 Å². The van der Waals surface area contributed by atoms with Gasteiger partial charge in [-0.2, -0.15) is 0 Å². The molecule has 2 aromatic carbocycles. The molecule has 1 heterocycles. The van der Waals surface area contributed by atoms with E-state index in [2.05, 4.69) is 0 Å². The van der Waals surface area contributed by atoms with Crippen LogP contribution in [0.1, 0.15) is 33.2 Å². The second-order valence-corrected chi connectivity index (χ2v) is 8.86. The standard InChI is InChI=1S/C19H20N2O5S/c1-14-16(8-5-9-17(14)21(23)24)19(22)20-11-10-18(27(25,26)13-12-20)15-6-3-2-4-7-15/h2-9,18H,10-13H2,1H3. The minimum Gasteiger partial charge on any atom is -0.338 e. The maximum absolute atomic E-state index is 12.9. The number of rotatable bonds is 3. The molecule has 0 N–H and O–H groups in total. The number of amides is 1. The van der Waals surface area contributed by atoms with Gasteiger partial charge in [-0.3, -0.25) is 14.9 Å². The molecule has 1 aliphatic rings. The van der Waals surface area contributed by atoms with Crippen molar-refractivity contribution in [3.8, 4) is 0 Å². The monoisotopic (exact) mass is 388 g/mol. The molecule has 1 saturated heterocycles. The third-order valence-electron chi connectivity index (χ3n) is 4.93. The summed E-state index contributed by atoms with van der Waals surface area (Å²) in [7, 11) is -3.40. The van der Waals surface area contributed by atoms with Gasteiger partial charge < -0.3 is 4.90 Å². The first-order valence-corrected chi connectivity index (χ1v) is 10.3. The van der Waals surface area contributed by atoms with Gasteiger partial charge in [0.1, 0.15) is 0 Å². The summed E-state index contributed by atoms with van der Waals surface area (Å²) in [6.07, 6.45) is 0.298. The van der Waals surface area contributed by atoms with Gasteiger partial charge in [0.05, 0.1) is 15.9 Å². The van der Waals surface area contributed by atoms with Crippen LogP contribution in [-0.2, 0) is 9.84 Å². The first-order chi connectivity index (χ1) is 12.8. The predicted molar refractivity (Wildman–Crippen MR) is 101 cm³/mol. The Hall–Kier alpha value is -2.74. The van der Waals surface area contributed by atoms with Crippen molar-refractivity contribution >= 4 is 21.4 Å². The quantitative estimate of drug-likeness (QED) is 0.595. The molecule has 0 saturated carbocycles. The van der Waals surface area contributed by atoms with E-state index in [0.717, 1.165) is 5.56 Å². The van der Waals surface area contributed by atoms with Crippen LogP contribution < -0.4 is 0 Å². The molecule has 0 aromatic heterocycles. The molecule has 2 aromatic rings. The Labute approximate surface area is 157 Å². The van der Waals surface area contributed by atoms with Gasteiger partial charge in [0.25, 0.3) is 11.6 Å². The Morgan fingerprint density at radius 3 is 2.48 bits per heavy atom. The van der Waals surface area contributed by atoms with Crippen molar-refractivity contribution in [1.82, 2.24) is 4.90 Å². The Balaban J connectivity index is 1.87. The molecule has 8 heteroatoms. The third-order valence-corrected chi connectivity index (χ3v) is 7.06. The predicted octanol–water partition coefficient (Wildman–Crippen LogP) is 2.91. The lowest BCUT2D eigenvalue weighted by Gasteiger charge is -2.21. The number of carbonyl (C=O) groups excluding carboxylic acids is 1. The third kappa shape index (κ3) is 3.85. The van der Waals surface area contributed by atoms with Gasteiger partial charge in [-0.1, -0.05) is 36.4 Å². The second-order valence-electron chi connectivity index (χ2n) is 6.55. The van der Waals surface area contributed by atoms with Gasteiger partial charge in [-0.15, -0.1) is 0 Å². The van der Waals surface area contributed by atoms with Gasteiger partial charge in [0.15, 0.2) is 9.84 Å². The molecular weight excluding hydrogens is 368 g/mol. The zero-order valence-electron chi connectivity index (χ0n) is 14.9. The van der Waals surface area contributed by atoms with Crippen molar-refractivity contribution in [2.24, 2.45) is 0 Å². The molecule has 1 amide bonds. The van der Waals surface area contributed by atoms with Crippen molar-refractivity contribution < 1.29 is 18.1 Å². The summed E-state index contributed by atoms with van der Waals surface area (Å²) in [5, 5.41) is 10.5. The van der Waals surface area contributed by atoms with E-state index in [0.29, 0.717) is 12.0 Å². The number of nitrogens with zero attached hydrogens (tertiary/aromatic N) is 2. The van der Waals surface area contributed by atoms with Gasteiger partial charge in [-0.05, 0) is 25.0 Å². The number of sulfone groups is 1. The van der Waals surface area contributed by atoms with E-state index < -0.39 is 20.0 Å². The second kappa shape index (κ2) is 7.48. The zero-order valence-corrected chi connectivity index (χ0v) is 15.7. The Bertz CT molecular complexity index is 973. The van der Waals surface area contributed by atoms with Crippen LogP contribution in [0.25, 0.3) is 0 Å². The van der Waals surface area contributed by atoms with E-state index >= 15 is 0 Å². The molecule has 3 rings (SSSR count). The average molecular weight is 388 g/mol. The van der Waals surface area contributed by atoms with Crippen LogP contribution in [0.3, 0.4) is 0 Å². The van der Waals surface area contributed by atoms with Crippen LogP contribution in [0.4, 0.5) is 5.69 Å².